The zero-order valence-corrected chi connectivity index (χ0v) is 15.1. The second-order valence-corrected chi connectivity index (χ2v) is 6.64. The van der Waals surface area contributed by atoms with Crippen molar-refractivity contribution in [2.24, 2.45) is 0 Å². The molecule has 0 bridgehead atoms. The minimum absolute atomic E-state index is 0.0109. The van der Waals surface area contributed by atoms with Crippen LogP contribution in [0.2, 0.25) is 0 Å². The molecule has 0 radical (unpaired) electrons. The number of anilines is 1. The predicted molar refractivity (Wildman–Crippen MR) is 105 cm³/mol. The molecule has 1 fully saturated rings. The number of hydrogen-bond donors (Lipinski definition) is 1. The van der Waals surface area contributed by atoms with Gasteiger partial charge in [-0.15, -0.1) is 0 Å². The smallest absolute Gasteiger partial charge is 0.255 e. The molecule has 0 aliphatic carbocycles. The first kappa shape index (κ1) is 17.9. The molecule has 134 valence electrons. The molecule has 1 N–H and O–H groups in total. The lowest BCUT2D eigenvalue weighted by atomic mass is 10.1. The highest BCUT2D eigenvalue weighted by Gasteiger charge is 2.20. The molecule has 0 unspecified atom stereocenters. The molecule has 4 nitrogen and oxygen atoms in total. The maximum atomic E-state index is 12.8. The van der Waals surface area contributed by atoms with Crippen molar-refractivity contribution in [1.29, 1.82) is 0 Å². The van der Waals surface area contributed by atoms with Crippen molar-refractivity contribution < 1.29 is 9.59 Å². The van der Waals surface area contributed by atoms with E-state index >= 15 is 0 Å². The Morgan fingerprint density at radius 1 is 1.00 bits per heavy atom. The van der Waals surface area contributed by atoms with Crippen molar-refractivity contribution in [1.82, 2.24) is 4.90 Å². The van der Waals surface area contributed by atoms with E-state index in [0.717, 1.165) is 37.1 Å². The second-order valence-electron chi connectivity index (χ2n) is 6.64. The van der Waals surface area contributed by atoms with Crippen LogP contribution >= 0.6 is 0 Å². The number of para-hydroxylation sites is 1. The summed E-state index contributed by atoms with van der Waals surface area (Å²) in [6.07, 6.45) is 6.53. The third-order valence-corrected chi connectivity index (χ3v) is 4.53. The summed E-state index contributed by atoms with van der Waals surface area (Å²) in [6.45, 7) is 3.59. The monoisotopic (exact) mass is 348 g/mol. The summed E-state index contributed by atoms with van der Waals surface area (Å²) >= 11 is 0. The molecule has 0 aromatic heterocycles. The average Bonchev–Trinajstić information content (AvgIpc) is 2.67. The van der Waals surface area contributed by atoms with Crippen molar-refractivity contribution in [3.05, 3.63) is 71.3 Å². The Morgan fingerprint density at radius 2 is 1.77 bits per heavy atom. The lowest BCUT2D eigenvalue weighted by Crippen LogP contribution is -2.36. The largest absolute Gasteiger partial charge is 0.339 e. The van der Waals surface area contributed by atoms with E-state index in [1.807, 2.05) is 48.2 Å². The van der Waals surface area contributed by atoms with E-state index in [1.54, 1.807) is 18.2 Å². The zero-order chi connectivity index (χ0) is 18.4. The van der Waals surface area contributed by atoms with Gasteiger partial charge in [-0.3, -0.25) is 9.59 Å². The first-order chi connectivity index (χ1) is 12.6. The minimum Gasteiger partial charge on any atom is -0.339 e. The Hall–Kier alpha value is -2.88. The first-order valence-corrected chi connectivity index (χ1v) is 9.07. The molecule has 0 spiro atoms. The molecule has 4 heteroatoms. The van der Waals surface area contributed by atoms with Gasteiger partial charge in [0.1, 0.15) is 0 Å². The fraction of sp³-hybridized carbons (Fsp3) is 0.273. The van der Waals surface area contributed by atoms with Gasteiger partial charge in [-0.1, -0.05) is 42.0 Å². The lowest BCUT2D eigenvalue weighted by Gasteiger charge is -2.27. The zero-order valence-electron chi connectivity index (χ0n) is 15.1. The standard InChI is InChI=1S/C22H24N2O2/c1-17-8-7-9-18(16-17)12-13-21(25)23-20-11-4-3-10-19(20)22(26)24-14-5-2-6-15-24/h3-4,7-13,16H,2,5-6,14-15H2,1H3,(H,23,25)/b13-12+. The highest BCUT2D eigenvalue weighted by molar-refractivity contribution is 6.07. The molecule has 1 aliphatic heterocycles. The summed E-state index contributed by atoms with van der Waals surface area (Å²) in [7, 11) is 0. The van der Waals surface area contributed by atoms with Crippen LogP contribution in [0.4, 0.5) is 5.69 Å². The second kappa shape index (κ2) is 8.48. The summed E-state index contributed by atoms with van der Waals surface area (Å²) in [5.41, 5.74) is 3.22. The molecule has 2 amide bonds. The van der Waals surface area contributed by atoms with Gasteiger partial charge in [-0.2, -0.15) is 0 Å². The van der Waals surface area contributed by atoms with Crippen LogP contribution in [0.1, 0.15) is 40.7 Å². The van der Waals surface area contributed by atoms with Crippen LogP contribution < -0.4 is 5.32 Å². The van der Waals surface area contributed by atoms with Gasteiger partial charge in [0.2, 0.25) is 5.91 Å². The Balaban J connectivity index is 1.71. The highest BCUT2D eigenvalue weighted by atomic mass is 16.2. The molecule has 1 aliphatic rings. The lowest BCUT2D eigenvalue weighted by molar-refractivity contribution is -0.111. The predicted octanol–water partition coefficient (Wildman–Crippen LogP) is 4.27. The number of amides is 2. The van der Waals surface area contributed by atoms with E-state index in [9.17, 15) is 9.59 Å². The van der Waals surface area contributed by atoms with Crippen LogP contribution in [0, 0.1) is 6.92 Å². The summed E-state index contributed by atoms with van der Waals surface area (Å²) in [5.74, 6) is -0.256. The summed E-state index contributed by atoms with van der Waals surface area (Å²) in [6, 6.07) is 15.1. The quantitative estimate of drug-likeness (QED) is 0.839. The number of carbonyl (C=O) groups excluding carboxylic acids is 2. The van der Waals surface area contributed by atoms with Crippen LogP contribution in [0.15, 0.2) is 54.6 Å². The maximum Gasteiger partial charge on any atom is 0.255 e. The molecule has 26 heavy (non-hydrogen) atoms. The number of nitrogens with one attached hydrogen (secondary N) is 1. The van der Waals surface area contributed by atoms with Gasteiger partial charge >= 0.3 is 0 Å². The topological polar surface area (TPSA) is 49.4 Å². The molecule has 2 aromatic rings. The average molecular weight is 348 g/mol. The van der Waals surface area contributed by atoms with Crippen molar-refractivity contribution >= 4 is 23.6 Å². The number of benzene rings is 2. The molecule has 0 atom stereocenters. The van der Waals surface area contributed by atoms with E-state index in [2.05, 4.69) is 5.32 Å². The highest BCUT2D eigenvalue weighted by Crippen LogP contribution is 2.20. The Labute approximate surface area is 154 Å². The van der Waals surface area contributed by atoms with Crippen LogP contribution in [-0.4, -0.2) is 29.8 Å². The van der Waals surface area contributed by atoms with Gasteiger partial charge in [0, 0.05) is 19.2 Å². The van der Waals surface area contributed by atoms with Gasteiger partial charge < -0.3 is 10.2 Å². The number of rotatable bonds is 4. The van der Waals surface area contributed by atoms with E-state index in [1.165, 1.54) is 12.5 Å². The maximum absolute atomic E-state index is 12.8. The number of nitrogens with zero attached hydrogens (tertiary/aromatic N) is 1. The molecular weight excluding hydrogens is 324 g/mol. The number of aryl methyl sites for hydroxylation is 1. The van der Waals surface area contributed by atoms with E-state index < -0.39 is 0 Å². The number of hydrogen-bond acceptors (Lipinski definition) is 2. The summed E-state index contributed by atoms with van der Waals surface area (Å²) < 4.78 is 0. The molecule has 3 rings (SSSR count). The van der Waals surface area contributed by atoms with Crippen LogP contribution in [-0.2, 0) is 4.79 Å². The van der Waals surface area contributed by atoms with Gasteiger partial charge in [0.15, 0.2) is 0 Å². The van der Waals surface area contributed by atoms with Crippen molar-refractivity contribution in [3.8, 4) is 0 Å². The van der Waals surface area contributed by atoms with Gasteiger partial charge in [-0.25, -0.2) is 0 Å². The molecule has 0 saturated carbocycles. The number of likely N-dealkylation sites (tertiary alicyclic amines) is 1. The van der Waals surface area contributed by atoms with Gasteiger partial charge in [0.05, 0.1) is 11.3 Å². The van der Waals surface area contributed by atoms with E-state index in [-0.39, 0.29) is 11.8 Å². The third kappa shape index (κ3) is 4.60. The Kier molecular flexibility index (Phi) is 5.84. The first-order valence-electron chi connectivity index (χ1n) is 9.07. The fourth-order valence-electron chi connectivity index (χ4n) is 3.17. The van der Waals surface area contributed by atoms with Crippen LogP contribution in [0.3, 0.4) is 0 Å². The Morgan fingerprint density at radius 3 is 2.54 bits per heavy atom. The third-order valence-electron chi connectivity index (χ3n) is 4.53. The van der Waals surface area contributed by atoms with E-state index in [4.69, 9.17) is 0 Å². The van der Waals surface area contributed by atoms with Gasteiger partial charge in [0.25, 0.3) is 5.91 Å². The van der Waals surface area contributed by atoms with E-state index in [0.29, 0.717) is 11.3 Å². The summed E-state index contributed by atoms with van der Waals surface area (Å²) in [5, 5.41) is 2.84. The SMILES string of the molecule is Cc1cccc(/C=C/C(=O)Nc2ccccc2C(=O)N2CCCCC2)c1. The van der Waals surface area contributed by atoms with Crippen molar-refractivity contribution in [2.75, 3.05) is 18.4 Å². The molecule has 1 saturated heterocycles. The Bertz CT molecular complexity index is 820. The summed E-state index contributed by atoms with van der Waals surface area (Å²) in [4.78, 5) is 26.9. The van der Waals surface area contributed by atoms with Gasteiger partial charge in [-0.05, 0) is 50.0 Å². The normalized spacial score (nSPS) is 14.4. The van der Waals surface area contributed by atoms with Crippen LogP contribution in [0.5, 0.6) is 0 Å². The molecular formula is C22H24N2O2. The fourth-order valence-corrected chi connectivity index (χ4v) is 3.17. The minimum atomic E-state index is -0.245. The number of piperidine rings is 1. The number of carbonyl (C=O) groups is 2. The van der Waals surface area contributed by atoms with Crippen molar-refractivity contribution in [3.63, 3.8) is 0 Å². The molecule has 1 heterocycles. The van der Waals surface area contributed by atoms with Crippen LogP contribution in [0.25, 0.3) is 6.08 Å². The molecule has 2 aromatic carbocycles. The van der Waals surface area contributed by atoms with Crippen molar-refractivity contribution in [2.45, 2.75) is 26.2 Å².